The topological polar surface area (TPSA) is 41.5 Å². The molecule has 0 aromatic heterocycles. The van der Waals surface area contributed by atoms with Gasteiger partial charge in [-0.25, -0.2) is 0 Å². The fraction of sp³-hybridized carbons (Fsp3) is 0.793. The third-order valence-corrected chi connectivity index (χ3v) is 7.34. The van der Waals surface area contributed by atoms with Crippen LogP contribution in [-0.2, 0) is 27.3 Å². The van der Waals surface area contributed by atoms with Crippen molar-refractivity contribution in [1.82, 2.24) is 0 Å². The van der Waals surface area contributed by atoms with Crippen molar-refractivity contribution in [3.63, 3.8) is 0 Å². The molecular formula is C29H52O3S. The summed E-state index contributed by atoms with van der Waals surface area (Å²) in [6.45, 7) is 11.0. The monoisotopic (exact) mass is 480 g/mol. The van der Waals surface area contributed by atoms with Crippen LogP contribution in [0, 0.1) is 5.41 Å². The van der Waals surface area contributed by atoms with Crippen LogP contribution in [0.1, 0.15) is 110 Å². The number of rotatable bonds is 21. The predicted octanol–water partition coefficient (Wildman–Crippen LogP) is 8.08. The van der Waals surface area contributed by atoms with Crippen LogP contribution in [0.3, 0.4) is 0 Å². The van der Waals surface area contributed by atoms with Gasteiger partial charge in [-0.15, -0.1) is 0 Å². The molecule has 4 heteroatoms. The smallest absolute Gasteiger partial charge is 0.105 e. The Hall–Kier alpha value is -0.550. The SMILES string of the molecule is CC[S+]([O-])CCCCCCCCCCCCCOCC(CC(C)(C)C)OCc1ccccc1. The van der Waals surface area contributed by atoms with Crippen molar-refractivity contribution in [2.45, 2.75) is 117 Å². The first kappa shape index (κ1) is 30.5. The molecule has 1 aromatic carbocycles. The average molecular weight is 481 g/mol. The van der Waals surface area contributed by atoms with Crippen molar-refractivity contribution in [2.75, 3.05) is 24.7 Å². The maximum Gasteiger partial charge on any atom is 0.105 e. The van der Waals surface area contributed by atoms with Crippen molar-refractivity contribution in [2.24, 2.45) is 5.41 Å². The normalized spacial score (nSPS) is 13.8. The highest BCUT2D eigenvalue weighted by Crippen LogP contribution is 2.23. The summed E-state index contributed by atoms with van der Waals surface area (Å²) in [4.78, 5) is 0. The molecule has 3 nitrogen and oxygen atoms in total. The van der Waals surface area contributed by atoms with Crippen LogP contribution in [0.15, 0.2) is 30.3 Å². The van der Waals surface area contributed by atoms with E-state index in [2.05, 4.69) is 45.0 Å². The second kappa shape index (κ2) is 19.7. The van der Waals surface area contributed by atoms with E-state index in [0.29, 0.717) is 13.2 Å². The molecule has 0 amide bonds. The molecule has 0 radical (unpaired) electrons. The molecule has 1 aromatic rings. The van der Waals surface area contributed by atoms with Crippen LogP contribution in [-0.4, -0.2) is 35.4 Å². The highest BCUT2D eigenvalue weighted by atomic mass is 32.2. The molecule has 2 atom stereocenters. The number of benzene rings is 1. The average Bonchev–Trinajstić information content (AvgIpc) is 2.79. The maximum absolute atomic E-state index is 11.4. The molecular weight excluding hydrogens is 428 g/mol. The molecule has 192 valence electrons. The van der Waals surface area contributed by atoms with Crippen LogP contribution in [0.25, 0.3) is 0 Å². The number of hydrogen-bond donors (Lipinski definition) is 0. The van der Waals surface area contributed by atoms with Crippen molar-refractivity contribution in [3.05, 3.63) is 35.9 Å². The molecule has 0 N–H and O–H groups in total. The Balaban J connectivity index is 1.97. The van der Waals surface area contributed by atoms with E-state index in [1.54, 1.807) is 0 Å². The minimum Gasteiger partial charge on any atom is -0.616 e. The van der Waals surface area contributed by atoms with Gasteiger partial charge in [0.1, 0.15) is 11.5 Å². The first-order chi connectivity index (χ1) is 15.9. The van der Waals surface area contributed by atoms with Gasteiger partial charge in [-0.1, -0.05) is 114 Å². The van der Waals surface area contributed by atoms with Gasteiger partial charge in [0, 0.05) is 6.61 Å². The molecule has 0 aliphatic heterocycles. The Morgan fingerprint density at radius 2 is 1.36 bits per heavy atom. The summed E-state index contributed by atoms with van der Waals surface area (Å²) in [6, 6.07) is 10.4. The standard InChI is InChI=1S/C29H52O3S/c1-5-33(30)23-19-14-12-10-8-6-7-9-11-13-18-22-31-26-28(24-29(2,3)4)32-25-27-20-16-15-17-21-27/h15-17,20-21,28H,5-14,18-19,22-26H2,1-4H3. The van der Waals surface area contributed by atoms with Gasteiger partial charge in [0.05, 0.1) is 19.3 Å². The van der Waals surface area contributed by atoms with E-state index in [-0.39, 0.29) is 11.5 Å². The van der Waals surface area contributed by atoms with Gasteiger partial charge in [-0.2, -0.15) is 0 Å². The second-order valence-corrected chi connectivity index (χ2v) is 12.4. The summed E-state index contributed by atoms with van der Waals surface area (Å²) in [7, 11) is 0. The quantitative estimate of drug-likeness (QED) is 0.132. The van der Waals surface area contributed by atoms with E-state index < -0.39 is 11.2 Å². The van der Waals surface area contributed by atoms with E-state index in [9.17, 15) is 4.55 Å². The molecule has 33 heavy (non-hydrogen) atoms. The molecule has 2 unspecified atom stereocenters. The van der Waals surface area contributed by atoms with Gasteiger partial charge in [0.2, 0.25) is 0 Å². The number of unbranched alkanes of at least 4 members (excludes halogenated alkanes) is 10. The van der Waals surface area contributed by atoms with Crippen LogP contribution in [0.2, 0.25) is 0 Å². The molecule has 0 aliphatic rings. The van der Waals surface area contributed by atoms with E-state index in [1.807, 2.05) is 13.0 Å². The molecule has 0 spiro atoms. The lowest BCUT2D eigenvalue weighted by Gasteiger charge is -2.26. The predicted molar refractivity (Wildman–Crippen MR) is 144 cm³/mol. The number of hydrogen-bond acceptors (Lipinski definition) is 3. The minimum absolute atomic E-state index is 0.152. The summed E-state index contributed by atoms with van der Waals surface area (Å²) in [5.41, 5.74) is 1.46. The Labute approximate surface area is 208 Å². The van der Waals surface area contributed by atoms with E-state index in [4.69, 9.17) is 9.47 Å². The first-order valence-electron chi connectivity index (χ1n) is 13.5. The molecule has 0 saturated carbocycles. The third-order valence-electron chi connectivity index (χ3n) is 5.95. The Bertz CT molecular complexity index is 544. The van der Waals surface area contributed by atoms with E-state index >= 15 is 0 Å². The number of ether oxygens (including phenoxy) is 2. The van der Waals surface area contributed by atoms with Crippen LogP contribution >= 0.6 is 0 Å². The largest absolute Gasteiger partial charge is 0.616 e. The van der Waals surface area contributed by atoms with Gasteiger partial charge < -0.3 is 14.0 Å². The van der Waals surface area contributed by atoms with Crippen LogP contribution < -0.4 is 0 Å². The molecule has 1 rings (SSSR count). The highest BCUT2D eigenvalue weighted by Gasteiger charge is 2.19. The first-order valence-corrected chi connectivity index (χ1v) is 15.0. The summed E-state index contributed by atoms with van der Waals surface area (Å²) >= 11 is -0.574. The zero-order chi connectivity index (χ0) is 24.2. The lowest BCUT2D eigenvalue weighted by molar-refractivity contribution is -0.0430. The van der Waals surface area contributed by atoms with Crippen molar-refractivity contribution < 1.29 is 14.0 Å². The molecule has 0 fully saturated rings. The fourth-order valence-corrected chi connectivity index (χ4v) is 4.87. The molecule has 0 aliphatic carbocycles. The van der Waals surface area contributed by atoms with Crippen LogP contribution in [0.4, 0.5) is 0 Å². The summed E-state index contributed by atoms with van der Waals surface area (Å²) < 4.78 is 23.6. The van der Waals surface area contributed by atoms with E-state index in [0.717, 1.165) is 37.4 Å². The van der Waals surface area contributed by atoms with Gasteiger partial charge in [0.25, 0.3) is 0 Å². The zero-order valence-electron chi connectivity index (χ0n) is 22.1. The van der Waals surface area contributed by atoms with Gasteiger partial charge in [-0.05, 0) is 43.6 Å². The van der Waals surface area contributed by atoms with Crippen molar-refractivity contribution in [1.29, 1.82) is 0 Å². The minimum atomic E-state index is -0.574. The molecule has 0 saturated heterocycles. The van der Waals surface area contributed by atoms with Crippen molar-refractivity contribution in [3.8, 4) is 0 Å². The van der Waals surface area contributed by atoms with Gasteiger partial charge in [0.15, 0.2) is 0 Å². The van der Waals surface area contributed by atoms with Crippen LogP contribution in [0.5, 0.6) is 0 Å². The van der Waals surface area contributed by atoms with E-state index in [1.165, 1.54) is 63.4 Å². The van der Waals surface area contributed by atoms with Gasteiger partial charge >= 0.3 is 0 Å². The Morgan fingerprint density at radius 3 is 1.91 bits per heavy atom. The summed E-state index contributed by atoms with van der Waals surface area (Å²) in [5.74, 6) is 1.71. The highest BCUT2D eigenvalue weighted by molar-refractivity contribution is 7.91. The third kappa shape index (κ3) is 19.4. The Morgan fingerprint density at radius 1 is 0.818 bits per heavy atom. The molecule has 0 heterocycles. The summed E-state index contributed by atoms with van der Waals surface area (Å²) in [6.07, 6.45) is 15.4. The molecule has 0 bridgehead atoms. The maximum atomic E-state index is 11.4. The lowest BCUT2D eigenvalue weighted by Crippen LogP contribution is -2.26. The van der Waals surface area contributed by atoms with Crippen molar-refractivity contribution >= 4 is 11.2 Å². The fourth-order valence-electron chi connectivity index (χ4n) is 4.05. The lowest BCUT2D eigenvalue weighted by atomic mass is 9.89. The summed E-state index contributed by atoms with van der Waals surface area (Å²) in [5, 5.41) is 0. The Kier molecular flexibility index (Phi) is 18.2. The van der Waals surface area contributed by atoms with Gasteiger partial charge in [-0.3, -0.25) is 0 Å². The zero-order valence-corrected chi connectivity index (χ0v) is 22.9. The second-order valence-electron chi connectivity index (χ2n) is 10.6.